The van der Waals surface area contributed by atoms with E-state index in [-0.39, 0.29) is 52.1 Å². The predicted octanol–water partition coefficient (Wildman–Crippen LogP) is 13.4. The van der Waals surface area contributed by atoms with Gasteiger partial charge in [-0.3, -0.25) is 79.4 Å². The van der Waals surface area contributed by atoms with Crippen LogP contribution in [0.15, 0.2) is 310 Å². The molecular weight excluding hydrogens is 1440 g/mol. The molecule has 2 fully saturated rings. The van der Waals surface area contributed by atoms with E-state index in [0.717, 1.165) is 50.0 Å². The first kappa shape index (κ1) is 84.1. The van der Waals surface area contributed by atoms with Gasteiger partial charge in [-0.1, -0.05) is 170 Å². The second-order valence-electron chi connectivity index (χ2n) is 24.8. The smallest absolute Gasteiger partial charge is 0.320 e. The average molecular weight is 1520 g/mol. The van der Waals surface area contributed by atoms with Crippen molar-refractivity contribution in [3.63, 3.8) is 0 Å². The zero-order valence-electron chi connectivity index (χ0n) is 60.9. The van der Waals surface area contributed by atoms with E-state index in [9.17, 15) is 59.1 Å². The summed E-state index contributed by atoms with van der Waals surface area (Å²) in [6.45, 7) is 1.72. The molecule has 2 saturated heterocycles. The van der Waals surface area contributed by atoms with E-state index in [1.807, 2.05) is 96.3 Å². The average Bonchev–Trinajstić information content (AvgIpc) is 1.38. The number of carboxylic acids is 2. The minimum absolute atomic E-state index is 0.0496. The lowest BCUT2D eigenvalue weighted by atomic mass is 9.83. The SMILES string of the molecule is Nc1ccccn1.O=C(Cc1ccccn1)c1ccccc1.O=C(O)[C@@H]1CCCN1.O=C(O)[C@@H]1CCCN1.O=C(c1ccccc1)[C@@H](c1ccccn1)[C@H](Nc1ccccn1)c1ccccc1[N+](=O)[O-].O=C(c1ccccc1)[C@@H](c1ccccn1)[C@H]([NH2+]c1ccccn1)c1ccccc1[N+](=O)[O-].O=Cc1ccccc1[N+](=O)[O-]. The maximum absolute atomic E-state index is 13.8. The van der Waals surface area contributed by atoms with Gasteiger partial charge in [0, 0.05) is 83.8 Å². The van der Waals surface area contributed by atoms with Crippen molar-refractivity contribution in [3.05, 3.63) is 391 Å². The zero-order valence-corrected chi connectivity index (χ0v) is 60.9. The molecule has 14 rings (SSSR count). The number of carbonyl (C=O) groups is 6. The molecule has 2 aliphatic heterocycles. The third-order valence-corrected chi connectivity index (χ3v) is 17.2. The molecule has 574 valence electrons. The quantitative estimate of drug-likeness (QED) is 0.0135. The number of pyridine rings is 6. The number of aldehydes is 1. The summed E-state index contributed by atoms with van der Waals surface area (Å²) in [6, 6.07) is 76.3. The van der Waals surface area contributed by atoms with E-state index < -0.39 is 50.6 Å². The number of nitro groups is 3. The fraction of sp³-hybridized carbons (Fsp3) is 0.153. The van der Waals surface area contributed by atoms with Gasteiger partial charge in [0.05, 0.1) is 61.2 Å². The summed E-state index contributed by atoms with van der Waals surface area (Å²) in [6.07, 6.45) is 14.3. The molecule has 28 heteroatoms. The van der Waals surface area contributed by atoms with E-state index in [0.29, 0.717) is 63.8 Å². The first-order valence-electron chi connectivity index (χ1n) is 35.6. The number of nitrogen functional groups attached to an aromatic ring is 1. The molecule has 28 nitrogen and oxygen atoms in total. The molecule has 0 amide bonds. The number of nitrogens with one attached hydrogen (secondary N) is 3. The third kappa shape index (κ3) is 26.7. The fourth-order valence-corrected chi connectivity index (χ4v) is 11.8. The summed E-state index contributed by atoms with van der Waals surface area (Å²) >= 11 is 0. The highest BCUT2D eigenvalue weighted by Gasteiger charge is 2.41. The van der Waals surface area contributed by atoms with E-state index in [2.05, 4.69) is 45.9 Å². The van der Waals surface area contributed by atoms with Crippen LogP contribution in [0, 0.1) is 30.3 Å². The monoisotopic (exact) mass is 1520 g/mol. The Labute approximate surface area is 649 Å². The van der Waals surface area contributed by atoms with E-state index >= 15 is 0 Å². The Bertz CT molecular complexity index is 4760. The summed E-state index contributed by atoms with van der Waals surface area (Å²) in [7, 11) is 0. The maximum atomic E-state index is 13.8. The topological polar surface area (TPSA) is 428 Å². The lowest BCUT2D eigenvalue weighted by Crippen LogP contribution is -2.81. The van der Waals surface area contributed by atoms with Crippen LogP contribution in [0.4, 0.5) is 34.5 Å². The van der Waals surface area contributed by atoms with E-state index in [4.69, 9.17) is 15.9 Å². The molecule has 2 aliphatic rings. The summed E-state index contributed by atoms with van der Waals surface area (Å²) < 4.78 is 0. The second kappa shape index (κ2) is 45.4. The van der Waals surface area contributed by atoms with Gasteiger partial charge >= 0.3 is 11.9 Å². The Morgan fingerprint density at radius 3 is 1.28 bits per heavy atom. The highest BCUT2D eigenvalue weighted by Crippen LogP contribution is 2.40. The number of hydrogen-bond acceptors (Lipinski definition) is 22. The number of carboxylic acid groups (broad SMARTS) is 2. The molecule has 0 saturated carbocycles. The van der Waals surface area contributed by atoms with Crippen LogP contribution in [0.25, 0.3) is 0 Å². The van der Waals surface area contributed by atoms with Crippen LogP contribution in [-0.4, -0.2) is 116 Å². The minimum atomic E-state index is -0.832. The van der Waals surface area contributed by atoms with Gasteiger partial charge in [-0.15, -0.1) is 0 Å². The number of benzene rings is 6. The van der Waals surface area contributed by atoms with Crippen LogP contribution in [0.2, 0.25) is 0 Å². The number of ketones is 3. The Kier molecular flexibility index (Phi) is 33.8. The highest BCUT2D eigenvalue weighted by molar-refractivity contribution is 6.02. The molecule has 9 N–H and O–H groups in total. The predicted molar refractivity (Wildman–Crippen MR) is 424 cm³/mol. The molecule has 0 radical (unpaired) electrons. The minimum Gasteiger partial charge on any atom is -0.480 e. The standard InChI is InChI=1S/2C25H20N4O3.C13H11NO.C7H5NO3.C5H6N2.2C5H9NO2/c2*30-25(18-10-2-1-3-11-18)23(20-13-6-8-16-26-20)24(28-22-15-7-9-17-27-22)19-12-4-5-14-21(19)29(31)32;15-13(11-6-2-1-3-7-11)10-12-8-4-5-9-14-12;9-5-6-3-1-2-4-7(6)8(10)11;6-5-3-1-2-4-7-5;2*7-5(8)4-2-1-3-6-4/h2*1-17,23-24H,(H,27,28);1-9H,10H2;1-5H;1-4H,(H2,6,7);2*4,6H,1-3H2,(H,7,8)/p+1/t2*23-,24+;;;;2*4-/m00...00/s1. The molecule has 113 heavy (non-hydrogen) atoms. The molecule has 0 spiro atoms. The van der Waals surface area contributed by atoms with E-state index in [1.165, 1.54) is 30.3 Å². The molecule has 8 heterocycles. The van der Waals surface area contributed by atoms with Gasteiger partial charge in [-0.2, -0.15) is 0 Å². The largest absolute Gasteiger partial charge is 0.480 e. The first-order valence-corrected chi connectivity index (χ1v) is 35.6. The summed E-state index contributed by atoms with van der Waals surface area (Å²) in [5.41, 5.74) is 9.49. The number of nitrogens with two attached hydrogens (primary N) is 2. The van der Waals surface area contributed by atoms with Crippen molar-refractivity contribution in [3.8, 4) is 0 Å². The Balaban J connectivity index is 0.000000180. The number of rotatable bonds is 23. The molecular formula is C85H81N14O14+. The molecule has 6 aromatic carbocycles. The van der Waals surface area contributed by atoms with Gasteiger partial charge in [0.15, 0.2) is 23.6 Å². The van der Waals surface area contributed by atoms with Gasteiger partial charge < -0.3 is 31.9 Å². The van der Waals surface area contributed by atoms with Crippen molar-refractivity contribution < 1.29 is 59.1 Å². The molecule has 12 aromatic rings. The number of nitro benzene ring substituents is 3. The number of Topliss-reactive ketones (excluding diaryl/α,β-unsaturated/α-hetero) is 3. The number of nitrogens with zero attached hydrogens (tertiary/aromatic N) is 9. The van der Waals surface area contributed by atoms with Crippen molar-refractivity contribution in [2.24, 2.45) is 0 Å². The van der Waals surface area contributed by atoms with Crippen molar-refractivity contribution >= 4 is 70.1 Å². The first-order chi connectivity index (χ1) is 54.9. The Hall–Kier alpha value is -14.5. The van der Waals surface area contributed by atoms with Crippen molar-refractivity contribution in [2.45, 2.75) is 68.1 Å². The number of hydrogen-bond donors (Lipinski definition) is 7. The van der Waals surface area contributed by atoms with Gasteiger partial charge in [-0.05, 0) is 118 Å². The Morgan fingerprint density at radius 1 is 0.460 bits per heavy atom. The highest BCUT2D eigenvalue weighted by atomic mass is 16.6. The molecule has 6 aromatic heterocycles. The Morgan fingerprint density at radius 2 is 0.876 bits per heavy atom. The van der Waals surface area contributed by atoms with Gasteiger partial charge in [0.2, 0.25) is 5.82 Å². The summed E-state index contributed by atoms with van der Waals surface area (Å²) in [4.78, 5) is 128. The van der Waals surface area contributed by atoms with Crippen molar-refractivity contribution in [1.29, 1.82) is 0 Å². The summed E-state index contributed by atoms with van der Waals surface area (Å²) in [5, 5.41) is 61.4. The van der Waals surface area contributed by atoms with Crippen molar-refractivity contribution in [2.75, 3.05) is 24.1 Å². The van der Waals surface area contributed by atoms with Crippen LogP contribution in [0.1, 0.15) is 119 Å². The van der Waals surface area contributed by atoms with Crippen LogP contribution >= 0.6 is 0 Å². The van der Waals surface area contributed by atoms with Crippen LogP contribution in [-0.2, 0) is 16.0 Å². The molecule has 0 aliphatic carbocycles. The number of quaternary nitrogens is 1. The lowest BCUT2D eigenvalue weighted by molar-refractivity contribution is -0.623. The van der Waals surface area contributed by atoms with Crippen LogP contribution in [0.3, 0.4) is 0 Å². The van der Waals surface area contributed by atoms with Crippen LogP contribution in [0.5, 0.6) is 0 Å². The zero-order chi connectivity index (χ0) is 80.5. The molecule has 6 atom stereocenters. The number of aromatic nitrogens is 6. The van der Waals surface area contributed by atoms with E-state index in [1.54, 1.807) is 189 Å². The molecule has 0 bridgehead atoms. The second-order valence-corrected chi connectivity index (χ2v) is 24.8. The van der Waals surface area contributed by atoms with Crippen molar-refractivity contribution in [1.82, 2.24) is 40.5 Å². The third-order valence-electron chi connectivity index (χ3n) is 17.2. The number of aliphatic carboxylic acids is 2. The fourth-order valence-electron chi connectivity index (χ4n) is 11.8. The normalized spacial score (nSPS) is 13.8. The number of carbonyl (C=O) groups excluding carboxylic acids is 4. The number of anilines is 2. The number of para-hydroxylation sites is 3. The lowest BCUT2D eigenvalue weighted by Gasteiger charge is -2.27. The summed E-state index contributed by atoms with van der Waals surface area (Å²) in [5.74, 6) is -1.62. The molecule has 0 unspecified atom stereocenters. The van der Waals surface area contributed by atoms with Gasteiger partial charge in [0.25, 0.3) is 17.1 Å². The van der Waals surface area contributed by atoms with Gasteiger partial charge in [0.1, 0.15) is 35.7 Å². The van der Waals surface area contributed by atoms with Crippen LogP contribution < -0.4 is 27.0 Å². The maximum Gasteiger partial charge on any atom is 0.320 e. The van der Waals surface area contributed by atoms with Gasteiger partial charge in [-0.25, -0.2) is 15.0 Å².